The second-order valence-electron chi connectivity index (χ2n) is 6.00. The van der Waals surface area contributed by atoms with Crippen LogP contribution in [0, 0.1) is 12.8 Å². The Morgan fingerprint density at radius 3 is 2.95 bits per heavy atom. The Balaban J connectivity index is 1.77. The highest BCUT2D eigenvalue weighted by molar-refractivity contribution is 9.10. The molecule has 2 fully saturated rings. The molecule has 0 bridgehead atoms. The Labute approximate surface area is 124 Å². The normalized spacial score (nSPS) is 28.3. The van der Waals surface area contributed by atoms with Crippen molar-refractivity contribution in [3.8, 4) is 0 Å². The monoisotopic (exact) mass is 323 g/mol. The average Bonchev–Trinajstić information content (AvgIpc) is 2.38. The first-order valence-electron chi connectivity index (χ1n) is 7.22. The molecule has 0 spiro atoms. The number of aryl methyl sites for hydroxylation is 1. The SMILES string of the molecule is Cc1cnc(N2CCC3C(CCCN3C)C2)c(Br)c1. The van der Waals surface area contributed by atoms with Crippen LogP contribution in [-0.4, -0.2) is 42.6 Å². The molecule has 0 radical (unpaired) electrons. The van der Waals surface area contributed by atoms with E-state index in [0.717, 1.165) is 35.3 Å². The standard InChI is InChI=1S/C15H22BrN3/c1-11-8-13(16)15(17-9-11)19-7-5-14-12(10-19)4-3-6-18(14)2/h8-9,12,14H,3-7,10H2,1-2H3. The Bertz CT molecular complexity index is 463. The van der Waals surface area contributed by atoms with E-state index in [0.29, 0.717) is 0 Å². The fourth-order valence-electron chi connectivity index (χ4n) is 3.60. The molecule has 0 aliphatic carbocycles. The van der Waals surface area contributed by atoms with Crippen LogP contribution in [-0.2, 0) is 0 Å². The summed E-state index contributed by atoms with van der Waals surface area (Å²) in [6.07, 6.45) is 5.95. The number of aromatic nitrogens is 1. The molecule has 0 saturated carbocycles. The van der Waals surface area contributed by atoms with Gasteiger partial charge in [-0.05, 0) is 73.3 Å². The molecule has 3 nitrogen and oxygen atoms in total. The lowest BCUT2D eigenvalue weighted by Gasteiger charge is -2.46. The maximum atomic E-state index is 4.62. The zero-order valence-electron chi connectivity index (χ0n) is 11.8. The number of anilines is 1. The summed E-state index contributed by atoms with van der Waals surface area (Å²) in [6, 6.07) is 2.95. The van der Waals surface area contributed by atoms with Crippen molar-refractivity contribution in [2.24, 2.45) is 5.92 Å². The minimum Gasteiger partial charge on any atom is -0.355 e. The second-order valence-corrected chi connectivity index (χ2v) is 6.86. The molecular weight excluding hydrogens is 302 g/mol. The summed E-state index contributed by atoms with van der Waals surface area (Å²) in [7, 11) is 2.28. The second kappa shape index (κ2) is 5.41. The van der Waals surface area contributed by atoms with E-state index in [4.69, 9.17) is 0 Å². The van der Waals surface area contributed by atoms with Crippen LogP contribution >= 0.6 is 15.9 Å². The van der Waals surface area contributed by atoms with E-state index in [2.05, 4.69) is 50.8 Å². The zero-order valence-corrected chi connectivity index (χ0v) is 13.4. The summed E-state index contributed by atoms with van der Waals surface area (Å²) in [4.78, 5) is 9.64. The molecule has 1 aromatic heterocycles. The van der Waals surface area contributed by atoms with Gasteiger partial charge in [0, 0.05) is 25.3 Å². The number of halogens is 1. The lowest BCUT2D eigenvalue weighted by Crippen LogP contribution is -2.53. The molecular formula is C15H22BrN3. The van der Waals surface area contributed by atoms with Crippen molar-refractivity contribution in [2.75, 3.05) is 31.6 Å². The average molecular weight is 324 g/mol. The van der Waals surface area contributed by atoms with Gasteiger partial charge in [0.2, 0.25) is 0 Å². The molecule has 2 unspecified atom stereocenters. The Morgan fingerprint density at radius 2 is 2.16 bits per heavy atom. The highest BCUT2D eigenvalue weighted by Gasteiger charge is 2.34. The number of hydrogen-bond acceptors (Lipinski definition) is 3. The van der Waals surface area contributed by atoms with Gasteiger partial charge in [0.05, 0.1) is 4.47 Å². The number of pyridine rings is 1. The van der Waals surface area contributed by atoms with E-state index >= 15 is 0 Å². The molecule has 2 saturated heterocycles. The molecule has 19 heavy (non-hydrogen) atoms. The van der Waals surface area contributed by atoms with Crippen molar-refractivity contribution in [2.45, 2.75) is 32.2 Å². The zero-order chi connectivity index (χ0) is 13.4. The van der Waals surface area contributed by atoms with Crippen molar-refractivity contribution in [3.05, 3.63) is 22.3 Å². The molecule has 4 heteroatoms. The molecule has 0 N–H and O–H groups in total. The number of rotatable bonds is 1. The highest BCUT2D eigenvalue weighted by atomic mass is 79.9. The largest absolute Gasteiger partial charge is 0.355 e. The van der Waals surface area contributed by atoms with Crippen LogP contribution in [0.1, 0.15) is 24.8 Å². The summed E-state index contributed by atoms with van der Waals surface area (Å²) in [6.45, 7) is 5.64. The summed E-state index contributed by atoms with van der Waals surface area (Å²) in [5.74, 6) is 1.93. The van der Waals surface area contributed by atoms with Gasteiger partial charge in [-0.25, -0.2) is 4.98 Å². The van der Waals surface area contributed by atoms with Gasteiger partial charge in [0.25, 0.3) is 0 Å². The minimum atomic E-state index is 0.786. The number of piperidine rings is 2. The smallest absolute Gasteiger partial charge is 0.142 e. The van der Waals surface area contributed by atoms with Crippen LogP contribution in [0.4, 0.5) is 5.82 Å². The number of nitrogens with zero attached hydrogens (tertiary/aromatic N) is 3. The molecule has 104 valence electrons. The van der Waals surface area contributed by atoms with Gasteiger partial charge in [-0.3, -0.25) is 0 Å². The lowest BCUT2D eigenvalue weighted by atomic mass is 9.84. The van der Waals surface area contributed by atoms with E-state index in [-0.39, 0.29) is 0 Å². The van der Waals surface area contributed by atoms with Crippen molar-refractivity contribution in [3.63, 3.8) is 0 Å². The van der Waals surface area contributed by atoms with Crippen LogP contribution < -0.4 is 4.90 Å². The maximum Gasteiger partial charge on any atom is 0.142 e. The van der Waals surface area contributed by atoms with E-state index in [1.54, 1.807) is 0 Å². The van der Waals surface area contributed by atoms with Crippen LogP contribution in [0.5, 0.6) is 0 Å². The molecule has 3 heterocycles. The van der Waals surface area contributed by atoms with Crippen LogP contribution in [0.15, 0.2) is 16.7 Å². The third-order valence-corrected chi connectivity index (χ3v) is 5.19. The van der Waals surface area contributed by atoms with Gasteiger partial charge in [0.1, 0.15) is 5.82 Å². The molecule has 0 aromatic carbocycles. The van der Waals surface area contributed by atoms with Gasteiger partial charge in [-0.2, -0.15) is 0 Å². The molecule has 2 aliphatic heterocycles. The lowest BCUT2D eigenvalue weighted by molar-refractivity contribution is 0.102. The topological polar surface area (TPSA) is 19.4 Å². The molecule has 1 aromatic rings. The first-order valence-corrected chi connectivity index (χ1v) is 8.02. The molecule has 2 atom stereocenters. The van der Waals surface area contributed by atoms with Crippen molar-refractivity contribution in [1.29, 1.82) is 0 Å². The number of fused-ring (bicyclic) bond motifs is 1. The summed E-state index contributed by atoms with van der Waals surface area (Å²) in [5, 5.41) is 0. The summed E-state index contributed by atoms with van der Waals surface area (Å²) >= 11 is 3.67. The van der Waals surface area contributed by atoms with Gasteiger partial charge >= 0.3 is 0 Å². The van der Waals surface area contributed by atoms with E-state index in [1.165, 1.54) is 31.4 Å². The molecule has 2 aliphatic rings. The number of likely N-dealkylation sites (tertiary alicyclic amines) is 1. The fourth-order valence-corrected chi connectivity index (χ4v) is 4.32. The molecule has 0 amide bonds. The van der Waals surface area contributed by atoms with Gasteiger partial charge in [-0.1, -0.05) is 0 Å². The van der Waals surface area contributed by atoms with Gasteiger partial charge < -0.3 is 9.80 Å². The van der Waals surface area contributed by atoms with Crippen LogP contribution in [0.3, 0.4) is 0 Å². The fraction of sp³-hybridized carbons (Fsp3) is 0.667. The maximum absolute atomic E-state index is 4.62. The highest BCUT2D eigenvalue weighted by Crippen LogP contribution is 2.33. The van der Waals surface area contributed by atoms with E-state index in [9.17, 15) is 0 Å². The summed E-state index contributed by atoms with van der Waals surface area (Å²) in [5.41, 5.74) is 1.21. The Kier molecular flexibility index (Phi) is 3.81. The van der Waals surface area contributed by atoms with Crippen molar-refractivity contribution >= 4 is 21.7 Å². The Hall–Kier alpha value is -0.610. The quantitative estimate of drug-likeness (QED) is 0.791. The summed E-state index contributed by atoms with van der Waals surface area (Å²) < 4.78 is 1.13. The van der Waals surface area contributed by atoms with Crippen LogP contribution in [0.2, 0.25) is 0 Å². The van der Waals surface area contributed by atoms with Crippen molar-refractivity contribution in [1.82, 2.24) is 9.88 Å². The first-order chi connectivity index (χ1) is 9.15. The Morgan fingerprint density at radius 1 is 1.32 bits per heavy atom. The van der Waals surface area contributed by atoms with E-state index < -0.39 is 0 Å². The third kappa shape index (κ3) is 2.65. The van der Waals surface area contributed by atoms with Crippen LogP contribution in [0.25, 0.3) is 0 Å². The van der Waals surface area contributed by atoms with Gasteiger partial charge in [-0.15, -0.1) is 0 Å². The predicted molar refractivity (Wildman–Crippen MR) is 82.6 cm³/mol. The first kappa shape index (κ1) is 13.4. The number of hydrogen-bond donors (Lipinski definition) is 0. The van der Waals surface area contributed by atoms with Gasteiger partial charge in [0.15, 0.2) is 0 Å². The third-order valence-electron chi connectivity index (χ3n) is 4.60. The molecule has 3 rings (SSSR count). The van der Waals surface area contributed by atoms with Crippen molar-refractivity contribution < 1.29 is 0 Å². The predicted octanol–water partition coefficient (Wildman–Crippen LogP) is 3.07. The minimum absolute atomic E-state index is 0.786. The van der Waals surface area contributed by atoms with E-state index in [1.807, 2.05) is 6.20 Å².